The van der Waals surface area contributed by atoms with Gasteiger partial charge in [-0.1, -0.05) is 0 Å². The van der Waals surface area contributed by atoms with Crippen LogP contribution in [0.4, 0.5) is 0 Å². The Balaban J connectivity index is 1.83. The highest BCUT2D eigenvalue weighted by molar-refractivity contribution is 7.99. The summed E-state index contributed by atoms with van der Waals surface area (Å²) in [6.45, 7) is 0. The molecule has 1 fully saturated rings. The van der Waals surface area contributed by atoms with Crippen molar-refractivity contribution in [3.63, 3.8) is 0 Å². The fourth-order valence-electron chi connectivity index (χ4n) is 2.02. The summed E-state index contributed by atoms with van der Waals surface area (Å²) >= 11 is 1.27. The molecule has 0 spiro atoms. The summed E-state index contributed by atoms with van der Waals surface area (Å²) in [5.41, 5.74) is 0.0252. The summed E-state index contributed by atoms with van der Waals surface area (Å²) < 4.78 is 7.52. The maximum atomic E-state index is 9.91. The first-order valence-corrected chi connectivity index (χ1v) is 6.96. The first kappa shape index (κ1) is 12.7. The van der Waals surface area contributed by atoms with E-state index in [9.17, 15) is 15.3 Å². The van der Waals surface area contributed by atoms with E-state index in [2.05, 4.69) is 4.98 Å². The molecule has 102 valence electrons. The molecule has 4 atom stereocenters. The second-order valence-corrected chi connectivity index (χ2v) is 5.53. The highest BCUT2D eigenvalue weighted by Gasteiger charge is 2.38. The summed E-state index contributed by atoms with van der Waals surface area (Å²) in [7, 11) is 0. The molecule has 0 saturated carbocycles. The Bertz CT molecular complexity index is 576. The fraction of sp³-hybridized carbons (Fsp3) is 0.417. The third kappa shape index (κ3) is 2.30. The van der Waals surface area contributed by atoms with Crippen LogP contribution in [0.3, 0.4) is 0 Å². The Morgan fingerprint density at radius 2 is 2.11 bits per heavy atom. The van der Waals surface area contributed by atoms with E-state index in [4.69, 9.17) is 4.74 Å². The van der Waals surface area contributed by atoms with Gasteiger partial charge in [-0.3, -0.25) is 0 Å². The molecule has 7 heteroatoms. The smallest absolute Gasteiger partial charge is 0.179 e. The first-order valence-electron chi connectivity index (χ1n) is 5.91. The van der Waals surface area contributed by atoms with Crippen LogP contribution in [0.5, 0.6) is 5.75 Å². The van der Waals surface area contributed by atoms with Crippen molar-refractivity contribution in [2.45, 2.75) is 23.7 Å². The zero-order valence-electron chi connectivity index (χ0n) is 9.96. The number of fused-ring (bicyclic) bond motifs is 1. The Hall–Kier alpha value is -1.28. The number of aliphatic hydroxyl groups excluding tert-OH is 3. The highest BCUT2D eigenvalue weighted by Crippen LogP contribution is 2.30. The maximum Gasteiger partial charge on any atom is 0.179 e. The molecule has 0 bridgehead atoms. The van der Waals surface area contributed by atoms with E-state index in [0.717, 1.165) is 0 Å². The summed E-state index contributed by atoms with van der Waals surface area (Å²) in [5, 5.41) is 29.0. The van der Waals surface area contributed by atoms with Gasteiger partial charge in [0.05, 0.1) is 6.10 Å². The van der Waals surface area contributed by atoms with Crippen molar-refractivity contribution in [2.24, 2.45) is 0 Å². The number of rotatable bonds is 2. The number of hydrogen-bond acceptors (Lipinski definition) is 6. The number of imidazole rings is 1. The van der Waals surface area contributed by atoms with Crippen LogP contribution in [0.2, 0.25) is 0 Å². The van der Waals surface area contributed by atoms with Crippen molar-refractivity contribution in [1.82, 2.24) is 9.38 Å². The standard InChI is InChI=1S/C12H14N2O4S/c15-7-6-19-12(10(17)9(7)16)18-8-2-1-4-14-5-3-13-11(8)14/h1-5,7,9-10,12,15-17H,6H2/t7-,9+,10-,12+/m1/s1. The maximum absolute atomic E-state index is 9.91. The molecule has 3 N–H and O–H groups in total. The lowest BCUT2D eigenvalue weighted by molar-refractivity contribution is -0.0784. The molecule has 2 aromatic rings. The fourth-order valence-corrected chi connectivity index (χ4v) is 3.14. The molecule has 0 aromatic carbocycles. The van der Waals surface area contributed by atoms with Crippen LogP contribution in [0.1, 0.15) is 0 Å². The molecular formula is C12H14N2O4S. The molecule has 19 heavy (non-hydrogen) atoms. The number of pyridine rings is 1. The third-order valence-corrected chi connectivity index (χ3v) is 4.32. The molecular weight excluding hydrogens is 268 g/mol. The van der Waals surface area contributed by atoms with E-state index < -0.39 is 23.7 Å². The van der Waals surface area contributed by atoms with Crippen molar-refractivity contribution < 1.29 is 20.1 Å². The molecule has 1 aliphatic rings. The topological polar surface area (TPSA) is 87.2 Å². The van der Waals surface area contributed by atoms with E-state index in [-0.39, 0.29) is 0 Å². The molecule has 0 unspecified atom stereocenters. The SMILES string of the molecule is O[C@@H]1[C@@H](O)[C@@H](Oc2cccn3ccnc23)SC[C@H]1O. The quantitative estimate of drug-likeness (QED) is 0.711. The molecule has 6 nitrogen and oxygen atoms in total. The van der Waals surface area contributed by atoms with Crippen LogP contribution in [0.15, 0.2) is 30.7 Å². The van der Waals surface area contributed by atoms with Crippen LogP contribution in [-0.2, 0) is 0 Å². The van der Waals surface area contributed by atoms with Crippen LogP contribution < -0.4 is 4.74 Å². The van der Waals surface area contributed by atoms with Gasteiger partial charge in [-0.25, -0.2) is 4.98 Å². The van der Waals surface area contributed by atoms with Gasteiger partial charge >= 0.3 is 0 Å². The summed E-state index contributed by atoms with van der Waals surface area (Å²) in [4.78, 5) is 4.18. The number of aliphatic hydroxyl groups is 3. The lowest BCUT2D eigenvalue weighted by Crippen LogP contribution is -2.50. The summed E-state index contributed by atoms with van der Waals surface area (Å²) in [6.07, 6.45) is 2.05. The van der Waals surface area contributed by atoms with E-state index in [1.165, 1.54) is 11.8 Å². The number of thioether (sulfide) groups is 1. The predicted molar refractivity (Wildman–Crippen MR) is 70.1 cm³/mol. The summed E-state index contributed by atoms with van der Waals surface area (Å²) in [5.74, 6) is 0.855. The van der Waals surface area contributed by atoms with Crippen molar-refractivity contribution in [2.75, 3.05) is 5.75 Å². The molecule has 1 saturated heterocycles. The van der Waals surface area contributed by atoms with Crippen molar-refractivity contribution in [1.29, 1.82) is 0 Å². The van der Waals surface area contributed by atoms with Gasteiger partial charge in [0.2, 0.25) is 0 Å². The van der Waals surface area contributed by atoms with E-state index >= 15 is 0 Å². The second kappa shape index (κ2) is 5.01. The van der Waals surface area contributed by atoms with Gasteiger partial charge < -0.3 is 24.5 Å². The van der Waals surface area contributed by atoms with E-state index in [1.807, 2.05) is 12.3 Å². The van der Waals surface area contributed by atoms with Crippen LogP contribution in [0.25, 0.3) is 5.65 Å². The molecule has 3 heterocycles. The minimum absolute atomic E-state index is 0.320. The van der Waals surface area contributed by atoms with E-state index in [0.29, 0.717) is 17.1 Å². The second-order valence-electron chi connectivity index (χ2n) is 4.40. The lowest BCUT2D eigenvalue weighted by Gasteiger charge is -2.34. The Morgan fingerprint density at radius 1 is 1.26 bits per heavy atom. The Morgan fingerprint density at radius 3 is 2.95 bits per heavy atom. The van der Waals surface area contributed by atoms with Crippen LogP contribution >= 0.6 is 11.8 Å². The van der Waals surface area contributed by atoms with Crippen molar-refractivity contribution in [3.8, 4) is 5.75 Å². The van der Waals surface area contributed by atoms with Crippen LogP contribution in [0, 0.1) is 0 Å². The molecule has 0 aliphatic carbocycles. The zero-order chi connectivity index (χ0) is 13.4. The number of nitrogens with zero attached hydrogens (tertiary/aromatic N) is 2. The molecule has 1 aliphatic heterocycles. The molecule has 0 amide bonds. The van der Waals surface area contributed by atoms with Gasteiger partial charge in [0, 0.05) is 24.3 Å². The van der Waals surface area contributed by atoms with Gasteiger partial charge in [-0.05, 0) is 12.1 Å². The largest absolute Gasteiger partial charge is 0.473 e. The summed E-state index contributed by atoms with van der Waals surface area (Å²) in [6, 6.07) is 3.57. The van der Waals surface area contributed by atoms with Gasteiger partial charge in [0.15, 0.2) is 16.8 Å². The Labute approximate surface area is 113 Å². The minimum Gasteiger partial charge on any atom is -0.473 e. The monoisotopic (exact) mass is 282 g/mol. The van der Waals surface area contributed by atoms with Gasteiger partial charge in [-0.15, -0.1) is 11.8 Å². The lowest BCUT2D eigenvalue weighted by atomic mass is 10.1. The molecule has 0 radical (unpaired) electrons. The van der Waals surface area contributed by atoms with Gasteiger partial charge in [0.1, 0.15) is 12.2 Å². The highest BCUT2D eigenvalue weighted by atomic mass is 32.2. The van der Waals surface area contributed by atoms with Crippen LogP contribution in [-0.4, -0.2) is 54.2 Å². The molecule has 3 rings (SSSR count). The van der Waals surface area contributed by atoms with Crippen molar-refractivity contribution in [3.05, 3.63) is 30.7 Å². The van der Waals surface area contributed by atoms with Crippen molar-refractivity contribution >= 4 is 17.4 Å². The number of hydrogen-bond donors (Lipinski definition) is 3. The third-order valence-electron chi connectivity index (χ3n) is 3.08. The normalized spacial score (nSPS) is 31.5. The molecule has 2 aromatic heterocycles. The predicted octanol–water partition coefficient (Wildman–Crippen LogP) is -0.131. The number of ether oxygens (including phenoxy) is 1. The zero-order valence-corrected chi connectivity index (χ0v) is 10.8. The minimum atomic E-state index is -1.19. The van der Waals surface area contributed by atoms with Gasteiger partial charge in [0.25, 0.3) is 0 Å². The van der Waals surface area contributed by atoms with Gasteiger partial charge in [-0.2, -0.15) is 0 Å². The number of aromatic nitrogens is 2. The average Bonchev–Trinajstić information content (AvgIpc) is 2.89. The van der Waals surface area contributed by atoms with E-state index in [1.54, 1.807) is 22.9 Å². The first-order chi connectivity index (χ1) is 9.16. The average molecular weight is 282 g/mol. The Kier molecular flexibility index (Phi) is 3.36.